The van der Waals surface area contributed by atoms with Crippen molar-refractivity contribution in [3.63, 3.8) is 0 Å². The summed E-state index contributed by atoms with van der Waals surface area (Å²) < 4.78 is 5.48. The second-order valence-corrected chi connectivity index (χ2v) is 9.54. The first kappa shape index (κ1) is 21.3. The summed E-state index contributed by atoms with van der Waals surface area (Å²) in [6, 6.07) is 5.58. The van der Waals surface area contributed by atoms with Crippen LogP contribution in [0.5, 0.6) is 0 Å². The molecule has 2 amide bonds. The van der Waals surface area contributed by atoms with Gasteiger partial charge in [0.15, 0.2) is 0 Å². The number of halogens is 2. The van der Waals surface area contributed by atoms with Gasteiger partial charge in [0, 0.05) is 35.7 Å². The van der Waals surface area contributed by atoms with Gasteiger partial charge in [0.05, 0.1) is 5.92 Å². The molecule has 1 aromatic carbocycles. The second kappa shape index (κ2) is 8.50. The van der Waals surface area contributed by atoms with Gasteiger partial charge in [-0.3, -0.25) is 4.79 Å². The van der Waals surface area contributed by atoms with E-state index in [1.807, 2.05) is 31.7 Å². The van der Waals surface area contributed by atoms with E-state index < -0.39 is 5.60 Å². The van der Waals surface area contributed by atoms with Crippen LogP contribution in [-0.4, -0.2) is 46.5 Å². The predicted octanol–water partition coefficient (Wildman–Crippen LogP) is 5.13. The molecule has 0 spiro atoms. The Balaban J connectivity index is 1.69. The smallest absolute Gasteiger partial charge is 0.410 e. The summed E-state index contributed by atoms with van der Waals surface area (Å²) in [5, 5.41) is 1.22. The van der Waals surface area contributed by atoms with Crippen LogP contribution in [-0.2, 0) is 16.1 Å². The van der Waals surface area contributed by atoms with Crippen LogP contribution in [0.15, 0.2) is 18.2 Å². The van der Waals surface area contributed by atoms with Gasteiger partial charge in [-0.15, -0.1) is 0 Å². The van der Waals surface area contributed by atoms with E-state index in [1.165, 1.54) is 0 Å². The molecule has 0 radical (unpaired) electrons. The van der Waals surface area contributed by atoms with Crippen molar-refractivity contribution >= 4 is 35.2 Å². The number of piperidine rings is 1. The first-order valence-corrected chi connectivity index (χ1v) is 10.6. The molecule has 28 heavy (non-hydrogen) atoms. The first-order valence-electron chi connectivity index (χ1n) is 9.86. The number of carbonyl (C=O) groups is 2. The minimum Gasteiger partial charge on any atom is -0.444 e. The Kier molecular flexibility index (Phi) is 6.45. The lowest BCUT2D eigenvalue weighted by atomic mass is 9.96. The quantitative estimate of drug-likeness (QED) is 0.669. The lowest BCUT2D eigenvalue weighted by Gasteiger charge is -2.36. The maximum Gasteiger partial charge on any atom is 0.410 e. The third kappa shape index (κ3) is 5.54. The van der Waals surface area contributed by atoms with Crippen molar-refractivity contribution in [2.45, 2.75) is 64.6 Å². The van der Waals surface area contributed by atoms with Crippen molar-refractivity contribution < 1.29 is 14.3 Å². The fourth-order valence-corrected chi connectivity index (χ4v) is 3.90. The van der Waals surface area contributed by atoms with Crippen LogP contribution >= 0.6 is 23.2 Å². The van der Waals surface area contributed by atoms with Crippen LogP contribution in [0.25, 0.3) is 0 Å². The fourth-order valence-electron chi connectivity index (χ4n) is 3.53. The van der Waals surface area contributed by atoms with Gasteiger partial charge >= 0.3 is 6.09 Å². The number of nitrogens with zero attached hydrogens (tertiary/aromatic N) is 2. The number of rotatable bonds is 4. The van der Waals surface area contributed by atoms with Gasteiger partial charge in [-0.2, -0.15) is 0 Å². The summed E-state index contributed by atoms with van der Waals surface area (Å²) in [7, 11) is 0. The minimum absolute atomic E-state index is 0.0896. The number of hydrogen-bond donors (Lipinski definition) is 0. The maximum atomic E-state index is 13.3. The summed E-state index contributed by atoms with van der Waals surface area (Å²) in [6.45, 7) is 7.03. The Labute approximate surface area is 176 Å². The highest BCUT2D eigenvalue weighted by molar-refractivity contribution is 6.33. The summed E-state index contributed by atoms with van der Waals surface area (Å²) in [6.07, 6.45) is 3.25. The molecule has 7 heteroatoms. The van der Waals surface area contributed by atoms with Gasteiger partial charge in [0.25, 0.3) is 0 Å². The molecule has 1 atom stereocenters. The van der Waals surface area contributed by atoms with Crippen LogP contribution in [0.2, 0.25) is 10.0 Å². The van der Waals surface area contributed by atoms with E-state index in [9.17, 15) is 9.59 Å². The van der Waals surface area contributed by atoms with Crippen molar-refractivity contribution in [2.24, 2.45) is 5.92 Å². The molecular weight excluding hydrogens is 399 g/mol. The molecule has 154 valence electrons. The van der Waals surface area contributed by atoms with Crippen LogP contribution in [0.1, 0.15) is 52.0 Å². The summed E-state index contributed by atoms with van der Waals surface area (Å²) in [4.78, 5) is 29.3. The van der Waals surface area contributed by atoms with Crippen LogP contribution in [0.4, 0.5) is 4.79 Å². The molecule has 5 nitrogen and oxygen atoms in total. The average molecular weight is 427 g/mol. The Morgan fingerprint density at radius 2 is 1.93 bits per heavy atom. The number of likely N-dealkylation sites (tertiary alicyclic amines) is 1. The van der Waals surface area contributed by atoms with Gasteiger partial charge in [-0.1, -0.05) is 23.2 Å². The van der Waals surface area contributed by atoms with E-state index in [1.54, 1.807) is 17.0 Å². The molecule has 1 saturated carbocycles. The second-order valence-electron chi connectivity index (χ2n) is 8.70. The van der Waals surface area contributed by atoms with Crippen LogP contribution < -0.4 is 0 Å². The van der Waals surface area contributed by atoms with Crippen molar-refractivity contribution in [2.75, 3.05) is 13.1 Å². The Bertz CT molecular complexity index is 744. The number of benzene rings is 1. The number of ether oxygens (including phenoxy) is 1. The number of hydrogen-bond acceptors (Lipinski definition) is 3. The molecule has 3 rings (SSSR count). The van der Waals surface area contributed by atoms with Crippen molar-refractivity contribution in [1.29, 1.82) is 0 Å². The highest BCUT2D eigenvalue weighted by Crippen LogP contribution is 2.33. The van der Waals surface area contributed by atoms with E-state index >= 15 is 0 Å². The lowest BCUT2D eigenvalue weighted by molar-refractivity contribution is -0.138. The fraction of sp³-hybridized carbons (Fsp3) is 0.619. The van der Waals surface area contributed by atoms with Crippen LogP contribution in [0, 0.1) is 5.92 Å². The Hall–Kier alpha value is -1.46. The van der Waals surface area contributed by atoms with E-state index in [0.717, 1.165) is 31.2 Å². The minimum atomic E-state index is -0.544. The average Bonchev–Trinajstić information content (AvgIpc) is 3.45. The predicted molar refractivity (Wildman–Crippen MR) is 111 cm³/mol. The molecule has 1 aromatic rings. The normalized spacial score (nSPS) is 20.0. The van der Waals surface area contributed by atoms with Gasteiger partial charge in [-0.25, -0.2) is 4.79 Å². The van der Waals surface area contributed by atoms with Gasteiger partial charge in [-0.05, 0) is 70.2 Å². The zero-order valence-corrected chi connectivity index (χ0v) is 18.2. The summed E-state index contributed by atoms with van der Waals surface area (Å²) >= 11 is 12.4. The maximum absolute atomic E-state index is 13.3. The zero-order chi connectivity index (χ0) is 20.5. The molecule has 0 N–H and O–H groups in total. The highest BCUT2D eigenvalue weighted by atomic mass is 35.5. The molecule has 0 bridgehead atoms. The Morgan fingerprint density at radius 3 is 2.57 bits per heavy atom. The van der Waals surface area contributed by atoms with E-state index in [0.29, 0.717) is 29.7 Å². The summed E-state index contributed by atoms with van der Waals surface area (Å²) in [5.74, 6) is -0.119. The van der Waals surface area contributed by atoms with E-state index in [-0.39, 0.29) is 24.0 Å². The van der Waals surface area contributed by atoms with Crippen molar-refractivity contribution in [3.05, 3.63) is 33.8 Å². The molecule has 1 heterocycles. The molecule has 0 aromatic heterocycles. The monoisotopic (exact) mass is 426 g/mol. The molecular formula is C21H28Cl2N2O3. The number of amides is 2. The van der Waals surface area contributed by atoms with Crippen molar-refractivity contribution in [3.8, 4) is 0 Å². The van der Waals surface area contributed by atoms with Gasteiger partial charge < -0.3 is 14.5 Å². The third-order valence-electron chi connectivity index (χ3n) is 5.04. The first-order chi connectivity index (χ1) is 13.1. The summed E-state index contributed by atoms with van der Waals surface area (Å²) in [5.41, 5.74) is 0.312. The highest BCUT2D eigenvalue weighted by Gasteiger charge is 2.38. The molecule has 1 aliphatic heterocycles. The molecule has 1 aliphatic carbocycles. The van der Waals surface area contributed by atoms with Gasteiger partial charge in [0.2, 0.25) is 5.91 Å². The zero-order valence-electron chi connectivity index (χ0n) is 16.7. The van der Waals surface area contributed by atoms with Crippen molar-refractivity contribution in [1.82, 2.24) is 9.80 Å². The van der Waals surface area contributed by atoms with E-state index in [4.69, 9.17) is 27.9 Å². The largest absolute Gasteiger partial charge is 0.444 e. The third-order valence-corrected chi connectivity index (χ3v) is 5.65. The molecule has 2 aliphatic rings. The molecule has 1 saturated heterocycles. The molecule has 2 fully saturated rings. The van der Waals surface area contributed by atoms with Gasteiger partial charge in [0.1, 0.15) is 5.60 Å². The standard InChI is InChI=1S/C21H28Cl2N2O3/c1-21(2,3)28-20(27)24-10-4-5-14(12-24)19(26)25(17-7-8-17)13-15-11-16(22)6-9-18(15)23/h6,9,11,14,17H,4-5,7-8,10,12-13H2,1-3H3/t14-/m1/s1. The molecule has 0 unspecified atom stereocenters. The van der Waals surface area contributed by atoms with E-state index in [2.05, 4.69) is 0 Å². The SMILES string of the molecule is CC(C)(C)OC(=O)N1CCC[C@@H](C(=O)N(Cc2cc(Cl)ccc2Cl)C2CC2)C1. The van der Waals surface area contributed by atoms with Crippen LogP contribution in [0.3, 0.4) is 0 Å². The topological polar surface area (TPSA) is 49.9 Å². The Morgan fingerprint density at radius 1 is 1.21 bits per heavy atom. The number of carbonyl (C=O) groups excluding carboxylic acids is 2. The lowest BCUT2D eigenvalue weighted by Crippen LogP contribution is -2.48.